The van der Waals surface area contributed by atoms with Crippen molar-refractivity contribution in [1.82, 2.24) is 4.90 Å². The van der Waals surface area contributed by atoms with Crippen molar-refractivity contribution in [3.63, 3.8) is 0 Å². The normalized spacial score (nSPS) is 21.4. The van der Waals surface area contributed by atoms with Crippen LogP contribution in [0.15, 0.2) is 0 Å². The van der Waals surface area contributed by atoms with E-state index in [1.807, 2.05) is 4.90 Å². The summed E-state index contributed by atoms with van der Waals surface area (Å²) < 4.78 is 20.3. The third-order valence-corrected chi connectivity index (χ3v) is 1.98. The van der Waals surface area contributed by atoms with E-state index >= 15 is 0 Å². The lowest BCUT2D eigenvalue weighted by Crippen LogP contribution is -2.21. The maximum absolute atomic E-state index is 10.1. The molecule has 1 aliphatic rings. The van der Waals surface area contributed by atoms with Gasteiger partial charge in [0.1, 0.15) is 0 Å². The molecule has 9 heavy (non-hydrogen) atoms. The van der Waals surface area contributed by atoms with Crippen LogP contribution in [0.4, 0.5) is 0 Å². The van der Waals surface area contributed by atoms with Gasteiger partial charge in [-0.15, -0.1) is 0 Å². The molecule has 0 aromatic carbocycles. The molecule has 0 unspecified atom stereocenters. The van der Waals surface area contributed by atoms with Crippen LogP contribution in [0.2, 0.25) is 0 Å². The van der Waals surface area contributed by atoms with Crippen LogP contribution in [-0.4, -0.2) is 32.3 Å². The molecule has 1 heterocycles. The average molecular weight is 148 g/mol. The first-order chi connectivity index (χ1) is 4.29. The molecule has 0 aliphatic carbocycles. The highest BCUT2D eigenvalue weighted by molar-refractivity contribution is 7.72. The smallest absolute Gasteiger partial charge is 0.153 e. The van der Waals surface area contributed by atoms with E-state index < -0.39 is 10.7 Å². The second kappa shape index (κ2) is 3.17. The minimum Gasteiger partial charge on any atom is -0.290 e. The molecule has 0 saturated carbocycles. The van der Waals surface area contributed by atoms with E-state index in [0.29, 0.717) is 0 Å². The van der Waals surface area contributed by atoms with E-state index in [2.05, 4.69) is 6.42 Å². The lowest BCUT2D eigenvalue weighted by atomic mass is 10.4. The zero-order chi connectivity index (χ0) is 6.69. The first kappa shape index (κ1) is 7.02. The van der Waals surface area contributed by atoms with Gasteiger partial charge in [0.05, 0.1) is 5.88 Å². The van der Waals surface area contributed by atoms with Crippen molar-refractivity contribution in [2.45, 2.75) is 6.42 Å². The monoisotopic (exact) mass is 148 g/mol. The quantitative estimate of drug-likeness (QED) is 0.535. The van der Waals surface area contributed by atoms with Gasteiger partial charge in [0, 0.05) is 6.54 Å². The zero-order valence-electron chi connectivity index (χ0n) is 5.12. The molecule has 4 heteroatoms. The van der Waals surface area contributed by atoms with Gasteiger partial charge in [-0.05, 0) is 19.4 Å². The lowest BCUT2D eigenvalue weighted by molar-refractivity contribution is 0.398. The summed E-state index contributed by atoms with van der Waals surface area (Å²) in [7, 11) is -2.21. The molecule has 0 aromatic rings. The Balaban J connectivity index is 2.27. The number of likely N-dealkylation sites (tertiary alicyclic amines) is 1. The predicted molar refractivity (Wildman–Crippen MR) is 35.7 cm³/mol. The van der Waals surface area contributed by atoms with Crippen LogP contribution in [0, 0.1) is 6.42 Å². The minimum atomic E-state index is -2.21. The van der Waals surface area contributed by atoms with E-state index in [-0.39, 0.29) is 5.88 Å². The van der Waals surface area contributed by atoms with Crippen molar-refractivity contribution < 1.29 is 8.42 Å². The summed E-state index contributed by atoms with van der Waals surface area (Å²) in [6, 6.07) is 0. The maximum atomic E-state index is 10.1. The second-order valence-corrected chi connectivity index (χ2v) is 3.08. The maximum Gasteiger partial charge on any atom is 0.153 e. The van der Waals surface area contributed by atoms with Crippen molar-refractivity contribution in [2.24, 2.45) is 0 Å². The molecule has 1 saturated heterocycles. The average Bonchev–Trinajstić information content (AvgIpc) is 2.15. The van der Waals surface area contributed by atoms with Gasteiger partial charge in [-0.3, -0.25) is 4.90 Å². The van der Waals surface area contributed by atoms with Crippen LogP contribution in [0.1, 0.15) is 6.42 Å². The topological polar surface area (TPSA) is 37.4 Å². The number of rotatable bonds is 2. The van der Waals surface area contributed by atoms with Crippen LogP contribution in [-0.2, 0) is 10.7 Å². The molecular formula is C5H10NO2S. The van der Waals surface area contributed by atoms with Crippen molar-refractivity contribution in [3.05, 3.63) is 6.42 Å². The molecule has 0 amide bonds. The summed E-state index contributed by atoms with van der Waals surface area (Å²) >= 11 is 0. The fraction of sp³-hybridized carbons (Fsp3) is 0.800. The molecule has 0 atom stereocenters. The molecule has 1 radical (unpaired) electrons. The second-order valence-electron chi connectivity index (χ2n) is 2.13. The van der Waals surface area contributed by atoms with Crippen LogP contribution >= 0.6 is 0 Å². The molecule has 1 rings (SSSR count). The molecule has 3 nitrogen and oxygen atoms in total. The number of nitrogens with zero attached hydrogens (tertiary/aromatic N) is 1. The number of thiol groups is 1. The molecule has 0 aromatic heterocycles. The standard InChI is InChI=1S/C5H10NO2S/c7-9(8)5-6-3-1-2-4-6/h1,9H,2-5H2. The van der Waals surface area contributed by atoms with Crippen molar-refractivity contribution in [3.8, 4) is 0 Å². The van der Waals surface area contributed by atoms with Crippen LogP contribution in [0.5, 0.6) is 0 Å². The molecule has 0 spiro atoms. The number of hydrogen-bond donors (Lipinski definition) is 1. The van der Waals surface area contributed by atoms with Gasteiger partial charge in [0.15, 0.2) is 10.7 Å². The molecule has 1 aliphatic heterocycles. The Bertz CT molecular complexity index is 141. The van der Waals surface area contributed by atoms with E-state index in [1.165, 1.54) is 0 Å². The first-order valence-corrected chi connectivity index (χ1v) is 4.31. The fourth-order valence-corrected chi connectivity index (χ4v) is 1.51. The van der Waals surface area contributed by atoms with Gasteiger partial charge in [0.2, 0.25) is 0 Å². The summed E-state index contributed by atoms with van der Waals surface area (Å²) in [4.78, 5) is 1.91. The van der Waals surface area contributed by atoms with Gasteiger partial charge in [0.25, 0.3) is 0 Å². The van der Waals surface area contributed by atoms with Crippen LogP contribution in [0.25, 0.3) is 0 Å². The van der Waals surface area contributed by atoms with Gasteiger partial charge in [-0.1, -0.05) is 0 Å². The van der Waals surface area contributed by atoms with Crippen LogP contribution < -0.4 is 0 Å². The summed E-state index contributed by atoms with van der Waals surface area (Å²) in [6.07, 6.45) is 3.13. The Morgan fingerprint density at radius 3 is 2.78 bits per heavy atom. The zero-order valence-corrected chi connectivity index (χ0v) is 6.01. The Labute approximate surface area is 56.6 Å². The molecule has 0 bridgehead atoms. The molecule has 53 valence electrons. The molecule has 1 fully saturated rings. The Hall–Kier alpha value is -0.0900. The van der Waals surface area contributed by atoms with E-state index in [1.54, 1.807) is 0 Å². The van der Waals surface area contributed by atoms with Crippen molar-refractivity contribution >= 4 is 10.7 Å². The van der Waals surface area contributed by atoms with Gasteiger partial charge >= 0.3 is 0 Å². The number of hydrogen-bond acceptors (Lipinski definition) is 3. The Morgan fingerprint density at radius 1 is 1.56 bits per heavy atom. The summed E-state index contributed by atoms with van der Waals surface area (Å²) in [5.41, 5.74) is 0. The van der Waals surface area contributed by atoms with Gasteiger partial charge < -0.3 is 0 Å². The van der Waals surface area contributed by atoms with E-state index in [9.17, 15) is 8.42 Å². The molecular weight excluding hydrogens is 138 g/mol. The summed E-state index contributed by atoms with van der Waals surface area (Å²) in [6.45, 7) is 1.74. The first-order valence-electron chi connectivity index (χ1n) is 2.95. The van der Waals surface area contributed by atoms with E-state index in [4.69, 9.17) is 0 Å². The predicted octanol–water partition coefficient (Wildman–Crippen LogP) is -0.535. The molecule has 0 N–H and O–H groups in total. The third-order valence-electron chi connectivity index (χ3n) is 1.35. The van der Waals surface area contributed by atoms with Crippen molar-refractivity contribution in [2.75, 3.05) is 19.0 Å². The lowest BCUT2D eigenvalue weighted by Gasteiger charge is -2.07. The van der Waals surface area contributed by atoms with E-state index in [0.717, 1.165) is 19.5 Å². The van der Waals surface area contributed by atoms with Gasteiger partial charge in [-0.2, -0.15) is 0 Å². The highest BCUT2D eigenvalue weighted by atomic mass is 32.2. The Kier molecular flexibility index (Phi) is 2.48. The highest BCUT2D eigenvalue weighted by Gasteiger charge is 2.10. The summed E-state index contributed by atoms with van der Waals surface area (Å²) in [5, 5.41) is 0. The minimum absolute atomic E-state index is 0.228. The summed E-state index contributed by atoms with van der Waals surface area (Å²) in [5.74, 6) is 0.228. The largest absolute Gasteiger partial charge is 0.290 e. The Morgan fingerprint density at radius 2 is 2.33 bits per heavy atom. The highest BCUT2D eigenvalue weighted by Crippen LogP contribution is 2.04. The SMILES string of the molecule is O=[SH](=O)CN1C[CH]CC1. The third kappa shape index (κ3) is 2.32. The fourth-order valence-electron chi connectivity index (χ4n) is 0.931. The van der Waals surface area contributed by atoms with Crippen LogP contribution in [0.3, 0.4) is 0 Å². The van der Waals surface area contributed by atoms with Gasteiger partial charge in [-0.25, -0.2) is 8.42 Å². The van der Waals surface area contributed by atoms with Crippen molar-refractivity contribution in [1.29, 1.82) is 0 Å².